The summed E-state index contributed by atoms with van der Waals surface area (Å²) in [6, 6.07) is 22.4. The Morgan fingerprint density at radius 3 is 1.96 bits per heavy atom. The van der Waals surface area contributed by atoms with Crippen LogP contribution < -0.4 is 5.32 Å². The van der Waals surface area contributed by atoms with Crippen molar-refractivity contribution >= 4 is 11.5 Å². The van der Waals surface area contributed by atoms with E-state index in [-0.39, 0.29) is 0 Å². The highest BCUT2D eigenvalue weighted by Crippen LogP contribution is 2.19. The molecule has 0 aliphatic heterocycles. The minimum atomic E-state index is 0.570. The first-order valence-corrected chi connectivity index (χ1v) is 9.68. The molecule has 0 amide bonds. The Bertz CT molecular complexity index is 1060. The summed E-state index contributed by atoms with van der Waals surface area (Å²) in [6.45, 7) is 1.59. The molecule has 5 nitrogen and oxygen atoms in total. The van der Waals surface area contributed by atoms with E-state index in [1.54, 1.807) is 12.3 Å². The SMILES string of the molecule is N#Cc1ccc(-c2ccc(CNCc3ccc(-c4csnn4)cc3)cc2)nc1. The number of rotatable bonds is 6. The second-order valence-corrected chi connectivity index (χ2v) is 6.94. The molecule has 0 aliphatic rings. The van der Waals surface area contributed by atoms with E-state index in [0.717, 1.165) is 35.6 Å². The summed E-state index contributed by atoms with van der Waals surface area (Å²) >= 11 is 1.36. The molecule has 0 spiro atoms. The van der Waals surface area contributed by atoms with Crippen molar-refractivity contribution in [3.05, 3.63) is 88.9 Å². The van der Waals surface area contributed by atoms with Gasteiger partial charge in [-0.05, 0) is 34.8 Å². The number of hydrogen-bond donors (Lipinski definition) is 1. The van der Waals surface area contributed by atoms with Gasteiger partial charge in [-0.15, -0.1) is 5.10 Å². The molecule has 0 fully saturated rings. The molecule has 0 aliphatic carbocycles. The van der Waals surface area contributed by atoms with Gasteiger partial charge in [0.25, 0.3) is 0 Å². The van der Waals surface area contributed by atoms with Crippen molar-refractivity contribution in [3.63, 3.8) is 0 Å². The largest absolute Gasteiger partial charge is 0.309 e. The number of nitrogens with zero attached hydrogens (tertiary/aromatic N) is 4. The molecule has 2 heterocycles. The number of hydrogen-bond acceptors (Lipinski definition) is 6. The molecule has 0 atom stereocenters. The normalized spacial score (nSPS) is 10.5. The Morgan fingerprint density at radius 2 is 1.46 bits per heavy atom. The fourth-order valence-corrected chi connectivity index (χ4v) is 3.32. The van der Waals surface area contributed by atoms with Crippen molar-refractivity contribution in [3.8, 4) is 28.6 Å². The molecule has 0 saturated carbocycles. The van der Waals surface area contributed by atoms with E-state index in [4.69, 9.17) is 5.26 Å². The first kappa shape index (κ1) is 18.0. The maximum atomic E-state index is 8.86. The van der Waals surface area contributed by atoms with Crippen LogP contribution in [-0.2, 0) is 13.1 Å². The van der Waals surface area contributed by atoms with E-state index in [1.807, 2.05) is 11.4 Å². The quantitative estimate of drug-likeness (QED) is 0.533. The Labute approximate surface area is 167 Å². The van der Waals surface area contributed by atoms with Gasteiger partial charge in [0.15, 0.2) is 0 Å². The summed E-state index contributed by atoms with van der Waals surface area (Å²) in [6.07, 6.45) is 1.60. The van der Waals surface area contributed by atoms with Crippen LogP contribution in [0.1, 0.15) is 16.7 Å². The summed E-state index contributed by atoms with van der Waals surface area (Å²) in [5.74, 6) is 0. The van der Waals surface area contributed by atoms with Crippen LogP contribution in [0.25, 0.3) is 22.5 Å². The summed E-state index contributed by atoms with van der Waals surface area (Å²) in [7, 11) is 0. The average Bonchev–Trinajstić information content (AvgIpc) is 3.30. The minimum absolute atomic E-state index is 0.570. The molecule has 6 heteroatoms. The summed E-state index contributed by atoms with van der Waals surface area (Å²) < 4.78 is 3.90. The molecule has 4 rings (SSSR count). The number of pyridine rings is 1. The Morgan fingerprint density at radius 1 is 0.821 bits per heavy atom. The van der Waals surface area contributed by atoms with Crippen molar-refractivity contribution in [2.45, 2.75) is 13.1 Å². The predicted molar refractivity (Wildman–Crippen MR) is 110 cm³/mol. The lowest BCUT2D eigenvalue weighted by Crippen LogP contribution is -2.12. The molecule has 2 aromatic heterocycles. The highest BCUT2D eigenvalue weighted by Gasteiger charge is 2.02. The maximum Gasteiger partial charge on any atom is 0.105 e. The zero-order valence-electron chi connectivity index (χ0n) is 15.0. The van der Waals surface area contributed by atoms with Crippen LogP contribution in [0.15, 0.2) is 72.2 Å². The third-order valence-corrected chi connectivity index (χ3v) is 4.91. The fraction of sp³-hybridized carbons (Fsp3) is 0.0909. The minimum Gasteiger partial charge on any atom is -0.309 e. The van der Waals surface area contributed by atoms with E-state index in [0.29, 0.717) is 5.56 Å². The van der Waals surface area contributed by atoms with Crippen LogP contribution in [0, 0.1) is 11.3 Å². The van der Waals surface area contributed by atoms with Crippen molar-refractivity contribution in [2.24, 2.45) is 0 Å². The van der Waals surface area contributed by atoms with Gasteiger partial charge in [0, 0.05) is 35.8 Å². The third-order valence-electron chi connectivity index (χ3n) is 4.41. The first-order chi connectivity index (χ1) is 13.8. The molecule has 0 bridgehead atoms. The van der Waals surface area contributed by atoms with Crippen molar-refractivity contribution < 1.29 is 0 Å². The Kier molecular flexibility index (Phi) is 5.48. The molecule has 0 saturated heterocycles. The molecular weight excluding hydrogens is 366 g/mol. The van der Waals surface area contributed by atoms with Crippen LogP contribution in [0.3, 0.4) is 0 Å². The summed E-state index contributed by atoms with van der Waals surface area (Å²) in [5.41, 5.74) is 6.92. The van der Waals surface area contributed by atoms with Gasteiger partial charge >= 0.3 is 0 Å². The smallest absolute Gasteiger partial charge is 0.105 e. The zero-order valence-corrected chi connectivity index (χ0v) is 15.9. The van der Waals surface area contributed by atoms with Gasteiger partial charge in [-0.1, -0.05) is 53.0 Å². The number of nitriles is 1. The molecule has 4 aromatic rings. The van der Waals surface area contributed by atoms with Crippen LogP contribution in [0.2, 0.25) is 0 Å². The van der Waals surface area contributed by atoms with Crippen molar-refractivity contribution in [1.82, 2.24) is 19.9 Å². The number of nitrogens with one attached hydrogen (secondary N) is 1. The van der Waals surface area contributed by atoms with Gasteiger partial charge in [0.2, 0.25) is 0 Å². The lowest BCUT2D eigenvalue weighted by atomic mass is 10.1. The molecule has 2 aromatic carbocycles. The highest BCUT2D eigenvalue weighted by atomic mass is 32.1. The average molecular weight is 383 g/mol. The first-order valence-electron chi connectivity index (χ1n) is 8.84. The van der Waals surface area contributed by atoms with Crippen LogP contribution in [0.4, 0.5) is 0 Å². The molecule has 1 N–H and O–H groups in total. The monoisotopic (exact) mass is 383 g/mol. The van der Waals surface area contributed by atoms with Gasteiger partial charge in [0.1, 0.15) is 11.8 Å². The van der Waals surface area contributed by atoms with Gasteiger partial charge in [-0.2, -0.15) is 5.26 Å². The fourth-order valence-electron chi connectivity index (χ4n) is 2.86. The second kappa shape index (κ2) is 8.53. The second-order valence-electron chi connectivity index (χ2n) is 6.33. The predicted octanol–water partition coefficient (Wildman–Crippen LogP) is 4.43. The number of benzene rings is 2. The van der Waals surface area contributed by atoms with Crippen molar-refractivity contribution in [2.75, 3.05) is 0 Å². The van der Waals surface area contributed by atoms with E-state index < -0.39 is 0 Å². The highest BCUT2D eigenvalue weighted by molar-refractivity contribution is 7.03. The molecule has 0 unspecified atom stereocenters. The Balaban J connectivity index is 1.32. The topological polar surface area (TPSA) is 74.5 Å². The third kappa shape index (κ3) is 4.29. The molecular formula is C22H17N5S. The van der Waals surface area contributed by atoms with Gasteiger partial charge in [0.05, 0.1) is 11.3 Å². The van der Waals surface area contributed by atoms with Gasteiger partial charge in [-0.25, -0.2) is 0 Å². The standard InChI is InChI=1S/C22H17N5S/c23-11-18-5-10-21(25-14-18)19-6-1-16(2-7-19)12-24-13-17-3-8-20(9-4-17)22-15-28-27-26-22/h1-10,14-15,24H,12-13H2. The van der Waals surface area contributed by atoms with E-state index in [1.165, 1.54) is 22.7 Å². The van der Waals surface area contributed by atoms with Crippen LogP contribution in [0.5, 0.6) is 0 Å². The van der Waals surface area contributed by atoms with Gasteiger partial charge in [-0.3, -0.25) is 4.98 Å². The maximum absolute atomic E-state index is 8.86. The van der Waals surface area contributed by atoms with Gasteiger partial charge < -0.3 is 5.32 Å². The molecule has 28 heavy (non-hydrogen) atoms. The Hall–Kier alpha value is -3.40. The number of aromatic nitrogens is 3. The summed E-state index contributed by atoms with van der Waals surface area (Å²) in [4.78, 5) is 4.33. The lowest BCUT2D eigenvalue weighted by Gasteiger charge is -2.07. The summed E-state index contributed by atoms with van der Waals surface area (Å²) in [5, 5.41) is 18.4. The zero-order chi connectivity index (χ0) is 19.2. The molecule has 136 valence electrons. The van der Waals surface area contributed by atoms with E-state index >= 15 is 0 Å². The van der Waals surface area contributed by atoms with Crippen LogP contribution >= 0.6 is 11.5 Å². The molecule has 0 radical (unpaired) electrons. The van der Waals surface area contributed by atoms with E-state index in [9.17, 15) is 0 Å². The van der Waals surface area contributed by atoms with E-state index in [2.05, 4.69) is 74.5 Å². The lowest BCUT2D eigenvalue weighted by molar-refractivity contribution is 0.693. The van der Waals surface area contributed by atoms with Crippen molar-refractivity contribution in [1.29, 1.82) is 5.26 Å². The van der Waals surface area contributed by atoms with Crippen LogP contribution in [-0.4, -0.2) is 14.6 Å².